The fraction of sp³-hybridized carbons (Fsp3) is 0.250. The Kier molecular flexibility index (Phi) is 57.2. The van der Waals surface area contributed by atoms with E-state index in [1.54, 1.807) is 0 Å². The third-order valence-electron chi connectivity index (χ3n) is 0.129. The molecule has 0 spiro atoms. The van der Waals surface area contributed by atoms with E-state index in [-0.39, 0.29) is 59.1 Å². The van der Waals surface area contributed by atoms with Gasteiger partial charge in [0, 0.05) is 0 Å². The normalized spacial score (nSPS) is 4.56. The number of hydrogen-bond donors (Lipinski definition) is 1. The van der Waals surface area contributed by atoms with E-state index in [0.717, 1.165) is 0 Å². The van der Waals surface area contributed by atoms with Gasteiger partial charge in [0.2, 0.25) is 0 Å². The van der Waals surface area contributed by atoms with Crippen molar-refractivity contribution in [3.05, 3.63) is 13.2 Å². The van der Waals surface area contributed by atoms with Crippen molar-refractivity contribution in [2.75, 3.05) is 6.61 Å². The van der Waals surface area contributed by atoms with Crippen LogP contribution < -0.4 is 64.2 Å². The van der Waals surface area contributed by atoms with Crippen molar-refractivity contribution in [2.45, 2.75) is 0 Å². The van der Waals surface area contributed by atoms with Crippen molar-refractivity contribution in [2.24, 2.45) is 0 Å². The van der Waals surface area contributed by atoms with Gasteiger partial charge in [0.15, 0.2) is 0 Å². The molecule has 0 aliphatic carbocycles. The van der Waals surface area contributed by atoms with Gasteiger partial charge in [0.1, 0.15) is 0 Å². The minimum atomic E-state index is -1.44. The first-order valence-electron chi connectivity index (χ1n) is 1.58. The van der Waals surface area contributed by atoms with Crippen LogP contribution in [0.1, 0.15) is 0 Å². The van der Waals surface area contributed by atoms with Gasteiger partial charge in [-0.05, 0) is 0 Å². The molecule has 0 heterocycles. The van der Waals surface area contributed by atoms with Crippen LogP contribution in [-0.4, -0.2) is 17.7 Å². The Labute approximate surface area is 98.7 Å². The number of carbonyl (C=O) groups excluding carboxylic acids is 1. The molecule has 42 valence electrons. The summed E-state index contributed by atoms with van der Waals surface area (Å²) in [5, 5.41) is 16.5. The maximum absolute atomic E-state index is 9.01. The van der Waals surface area contributed by atoms with E-state index in [1.165, 1.54) is 0 Å². The molecule has 0 aromatic carbocycles. The molecule has 0 atom stereocenters. The average molecular weight is 149 g/mol. The van der Waals surface area contributed by atoms with E-state index in [9.17, 15) is 0 Å². The summed E-state index contributed by atoms with van der Waals surface area (Å²) in [6.45, 7) is 5.11. The second kappa shape index (κ2) is 22.9. The second-order valence-corrected chi connectivity index (χ2v) is 0.530. The van der Waals surface area contributed by atoms with Gasteiger partial charge in [-0.1, -0.05) is 0 Å². The van der Waals surface area contributed by atoms with Gasteiger partial charge in [0.05, 0.1) is 12.6 Å². The van der Waals surface area contributed by atoms with Crippen molar-refractivity contribution in [3.63, 3.8) is 0 Å². The molecule has 9 heavy (non-hydrogen) atoms. The van der Waals surface area contributed by atoms with Crippen LogP contribution in [0, 0.1) is 0 Å². The Balaban J connectivity index is -0.0000000286. The summed E-state index contributed by atoms with van der Waals surface area (Å²) in [7, 11) is 0. The minimum absolute atomic E-state index is 0. The number of carbonyl (C=O) groups is 1. The van der Waals surface area contributed by atoms with E-state index < -0.39 is 12.6 Å². The van der Waals surface area contributed by atoms with Gasteiger partial charge < -0.3 is 15.0 Å². The van der Waals surface area contributed by atoms with Gasteiger partial charge in [0.25, 0.3) is 0 Å². The zero-order valence-electron chi connectivity index (χ0n) is 5.89. The Bertz CT molecular complexity index is 57.8. The van der Waals surface area contributed by atoms with Crippen LogP contribution >= 0.6 is 0 Å². The molecule has 0 unspecified atom stereocenters. The van der Waals surface area contributed by atoms with Crippen molar-refractivity contribution < 1.29 is 74.1 Å². The molecule has 0 aromatic rings. The molecule has 5 heteroatoms. The summed E-state index contributed by atoms with van der Waals surface area (Å²) in [5.74, 6) is -1.44. The van der Waals surface area contributed by atoms with Crippen LogP contribution in [0.2, 0.25) is 0 Å². The van der Waals surface area contributed by atoms with E-state index in [4.69, 9.17) is 15.0 Å². The summed E-state index contributed by atoms with van der Waals surface area (Å²) in [6, 6.07) is 0. The molecule has 0 amide bonds. The van der Waals surface area contributed by atoms with E-state index in [2.05, 4.69) is 13.2 Å². The minimum Gasteiger partial charge on any atom is -0.548 e. The number of carboxylic acid groups (broad SMARTS) is 1. The third kappa shape index (κ3) is 46.9. The Hall–Kier alpha value is 1.17. The average Bonchev–Trinajstić information content (AvgIpc) is 1.73. The first kappa shape index (κ1) is 22.5. The summed E-state index contributed by atoms with van der Waals surface area (Å²) >= 11 is 0. The van der Waals surface area contributed by atoms with Crippen LogP contribution in [0.3, 0.4) is 0 Å². The molecular formula is C4H7Na2O3+. The largest absolute Gasteiger partial charge is 1.00 e. The van der Waals surface area contributed by atoms with Gasteiger partial charge in [-0.15, -0.1) is 13.2 Å². The fourth-order valence-corrected chi connectivity index (χ4v) is 0. The van der Waals surface area contributed by atoms with E-state index in [0.29, 0.717) is 0 Å². The summed E-state index contributed by atoms with van der Waals surface area (Å²) < 4.78 is 0. The van der Waals surface area contributed by atoms with Gasteiger partial charge in [-0.25, -0.2) is 0 Å². The molecule has 0 radical (unpaired) electrons. The van der Waals surface area contributed by atoms with Crippen molar-refractivity contribution >= 4 is 5.97 Å². The predicted octanol–water partition coefficient (Wildman–Crippen LogP) is -7.46. The zero-order valence-corrected chi connectivity index (χ0v) is 9.89. The number of hydrogen-bond acceptors (Lipinski definition) is 3. The number of rotatable bonds is 1. The number of aliphatic carboxylic acids is 1. The molecular weight excluding hydrogens is 142 g/mol. The summed E-state index contributed by atoms with van der Waals surface area (Å²) in [4.78, 5) is 9.01. The van der Waals surface area contributed by atoms with Crippen molar-refractivity contribution in [1.82, 2.24) is 0 Å². The van der Waals surface area contributed by atoms with Crippen LogP contribution in [0.15, 0.2) is 13.2 Å². The summed E-state index contributed by atoms with van der Waals surface area (Å²) in [5.41, 5.74) is 0. The monoisotopic (exact) mass is 149 g/mol. The summed E-state index contributed by atoms with van der Waals surface area (Å²) in [6.07, 6.45) is 0. The van der Waals surface area contributed by atoms with Gasteiger partial charge in [-0.3, -0.25) is 0 Å². The Morgan fingerprint density at radius 3 is 1.56 bits per heavy atom. The molecule has 0 saturated carbocycles. The van der Waals surface area contributed by atoms with Crippen LogP contribution in [0.25, 0.3) is 0 Å². The topological polar surface area (TPSA) is 60.4 Å². The standard InChI is InChI=1S/C2H4O3.C2H4.2Na/c3-1-2(4)5;1-2;;/h3H,1H2,(H,4,5);1-2H2;;/q;;2*+1/p-1. The first-order chi connectivity index (χ1) is 3.27. The van der Waals surface area contributed by atoms with E-state index in [1.807, 2.05) is 0 Å². The van der Waals surface area contributed by atoms with Gasteiger partial charge >= 0.3 is 59.1 Å². The molecule has 0 bridgehead atoms. The maximum atomic E-state index is 9.01. The Morgan fingerprint density at radius 1 is 1.44 bits per heavy atom. The quantitative estimate of drug-likeness (QED) is 0.297. The molecule has 0 fully saturated rings. The Morgan fingerprint density at radius 2 is 1.56 bits per heavy atom. The molecule has 1 N–H and O–H groups in total. The molecule has 0 rings (SSSR count). The maximum Gasteiger partial charge on any atom is 1.00 e. The zero-order chi connectivity index (χ0) is 6.28. The molecule has 3 nitrogen and oxygen atoms in total. The number of aliphatic hydroxyl groups is 1. The molecule has 0 aliphatic heterocycles. The smallest absolute Gasteiger partial charge is 0.548 e. The number of carboxylic acids is 1. The first-order valence-corrected chi connectivity index (χ1v) is 1.58. The SMILES string of the molecule is C=C.O=C([O-])CO.[Na+].[Na+]. The molecule has 0 saturated heterocycles. The van der Waals surface area contributed by atoms with Crippen molar-refractivity contribution in [3.8, 4) is 0 Å². The predicted molar refractivity (Wildman–Crippen MR) is 23.3 cm³/mol. The van der Waals surface area contributed by atoms with Crippen LogP contribution in [0.5, 0.6) is 0 Å². The number of aliphatic hydroxyl groups excluding tert-OH is 1. The molecule has 0 aliphatic rings. The third-order valence-corrected chi connectivity index (χ3v) is 0.129. The molecule has 0 aromatic heterocycles. The van der Waals surface area contributed by atoms with Crippen LogP contribution in [-0.2, 0) is 4.79 Å². The van der Waals surface area contributed by atoms with E-state index >= 15 is 0 Å². The van der Waals surface area contributed by atoms with Gasteiger partial charge in [-0.2, -0.15) is 0 Å². The van der Waals surface area contributed by atoms with Crippen LogP contribution in [0.4, 0.5) is 0 Å². The second-order valence-electron chi connectivity index (χ2n) is 0.530. The fourth-order valence-electron chi connectivity index (χ4n) is 0. The van der Waals surface area contributed by atoms with Crippen molar-refractivity contribution in [1.29, 1.82) is 0 Å².